The van der Waals surface area contributed by atoms with Crippen LogP contribution in [0.25, 0.3) is 0 Å². The lowest BCUT2D eigenvalue weighted by Gasteiger charge is -2.59. The molecule has 5 nitrogen and oxygen atoms in total. The molecule has 2 atom stereocenters. The fourth-order valence-corrected chi connectivity index (χ4v) is 2.78. The molecule has 116 valence electrons. The van der Waals surface area contributed by atoms with Crippen LogP contribution in [-0.2, 0) is 11.2 Å². The first-order valence-electron chi connectivity index (χ1n) is 7.40. The normalized spacial score (nSPS) is 28.0. The topological polar surface area (TPSA) is 72.5 Å². The Labute approximate surface area is 127 Å². The summed E-state index contributed by atoms with van der Waals surface area (Å²) in [6.07, 6.45) is 3.53. The van der Waals surface area contributed by atoms with Crippen molar-refractivity contribution >= 4 is 5.96 Å². The number of hydrogen-bond donors (Lipinski definition) is 2. The maximum atomic E-state index is 5.98. The monoisotopic (exact) mass is 290 g/mol. The van der Waals surface area contributed by atoms with Crippen LogP contribution in [0.1, 0.15) is 32.9 Å². The third-order valence-electron chi connectivity index (χ3n) is 4.98. The number of aliphatic imine (C=N–C) groups is 1. The van der Waals surface area contributed by atoms with Gasteiger partial charge in [-0.25, -0.2) is 0 Å². The van der Waals surface area contributed by atoms with Gasteiger partial charge in [0, 0.05) is 43.4 Å². The quantitative estimate of drug-likeness (QED) is 0.640. The highest BCUT2D eigenvalue weighted by molar-refractivity contribution is 5.78. The van der Waals surface area contributed by atoms with Gasteiger partial charge in [-0.15, -0.1) is 0 Å². The predicted octanol–water partition coefficient (Wildman–Crippen LogP) is 1.73. The minimum atomic E-state index is -0.0983. The summed E-state index contributed by atoms with van der Waals surface area (Å²) >= 11 is 0. The van der Waals surface area contributed by atoms with Gasteiger partial charge in [0.05, 0.1) is 5.60 Å². The molecule has 1 aromatic rings. The second-order valence-electron chi connectivity index (χ2n) is 6.40. The van der Waals surface area contributed by atoms with E-state index in [0.717, 1.165) is 18.5 Å². The van der Waals surface area contributed by atoms with E-state index in [4.69, 9.17) is 10.5 Å². The van der Waals surface area contributed by atoms with Crippen LogP contribution in [0.15, 0.2) is 29.4 Å². The van der Waals surface area contributed by atoms with E-state index in [1.54, 1.807) is 13.3 Å². The minimum Gasteiger partial charge on any atom is -0.378 e. The molecule has 1 fully saturated rings. The van der Waals surface area contributed by atoms with Crippen LogP contribution in [-0.4, -0.2) is 36.2 Å². The maximum absolute atomic E-state index is 5.98. The Kier molecular flexibility index (Phi) is 4.52. The highest BCUT2D eigenvalue weighted by Gasteiger charge is 2.57. The number of ether oxygens (including phenoxy) is 1. The average Bonchev–Trinajstić information content (AvgIpc) is 2.47. The second-order valence-corrected chi connectivity index (χ2v) is 6.40. The summed E-state index contributed by atoms with van der Waals surface area (Å²) in [5, 5.41) is 3.31. The average molecular weight is 290 g/mol. The lowest BCUT2D eigenvalue weighted by molar-refractivity contribution is -0.176. The standard InChI is InChI=1S/C16H26N4O/c1-15(2)13(11-16(15,3)21-4)20-14(17)19-10-8-12-7-5-6-9-18-12/h5-7,9,13H,8,10-11H2,1-4H3,(H3,17,19,20). The van der Waals surface area contributed by atoms with Crippen LogP contribution in [0.5, 0.6) is 0 Å². The lowest BCUT2D eigenvalue weighted by atomic mass is 9.56. The van der Waals surface area contributed by atoms with Crippen molar-refractivity contribution in [3.05, 3.63) is 30.1 Å². The molecule has 0 aromatic carbocycles. The van der Waals surface area contributed by atoms with Crippen molar-refractivity contribution in [1.29, 1.82) is 0 Å². The molecular weight excluding hydrogens is 264 g/mol. The summed E-state index contributed by atoms with van der Waals surface area (Å²) in [5.74, 6) is 0.502. The fourth-order valence-electron chi connectivity index (χ4n) is 2.78. The van der Waals surface area contributed by atoms with Gasteiger partial charge in [-0.05, 0) is 25.5 Å². The Morgan fingerprint density at radius 1 is 1.48 bits per heavy atom. The van der Waals surface area contributed by atoms with Crippen molar-refractivity contribution in [3.63, 3.8) is 0 Å². The summed E-state index contributed by atoms with van der Waals surface area (Å²) in [6.45, 7) is 7.17. The molecule has 5 heteroatoms. The van der Waals surface area contributed by atoms with E-state index in [-0.39, 0.29) is 11.0 Å². The van der Waals surface area contributed by atoms with Gasteiger partial charge < -0.3 is 15.8 Å². The number of nitrogens with zero attached hydrogens (tertiary/aromatic N) is 2. The number of hydrogen-bond acceptors (Lipinski definition) is 3. The number of nitrogens with one attached hydrogen (secondary N) is 1. The van der Waals surface area contributed by atoms with E-state index in [0.29, 0.717) is 18.5 Å². The van der Waals surface area contributed by atoms with E-state index in [9.17, 15) is 0 Å². The Bertz CT molecular complexity index is 500. The summed E-state index contributed by atoms with van der Waals surface area (Å²) in [7, 11) is 1.77. The van der Waals surface area contributed by atoms with Gasteiger partial charge in [0.15, 0.2) is 5.96 Å². The third-order valence-corrected chi connectivity index (χ3v) is 4.98. The highest BCUT2D eigenvalue weighted by Crippen LogP contribution is 2.51. The molecule has 1 heterocycles. The summed E-state index contributed by atoms with van der Waals surface area (Å²) < 4.78 is 5.61. The van der Waals surface area contributed by atoms with E-state index >= 15 is 0 Å². The van der Waals surface area contributed by atoms with Gasteiger partial charge >= 0.3 is 0 Å². The first-order chi connectivity index (χ1) is 9.89. The smallest absolute Gasteiger partial charge is 0.188 e. The van der Waals surface area contributed by atoms with Crippen molar-refractivity contribution in [2.75, 3.05) is 13.7 Å². The Hall–Kier alpha value is -1.62. The van der Waals surface area contributed by atoms with Gasteiger partial charge in [-0.1, -0.05) is 19.9 Å². The number of guanidine groups is 1. The first kappa shape index (κ1) is 15.8. The van der Waals surface area contributed by atoms with Crippen LogP contribution in [0.4, 0.5) is 0 Å². The first-order valence-corrected chi connectivity index (χ1v) is 7.40. The van der Waals surface area contributed by atoms with Crippen LogP contribution < -0.4 is 11.1 Å². The van der Waals surface area contributed by atoms with Crippen LogP contribution in [0.2, 0.25) is 0 Å². The molecule has 1 aliphatic carbocycles. The fraction of sp³-hybridized carbons (Fsp3) is 0.625. The van der Waals surface area contributed by atoms with Gasteiger partial charge in [0.2, 0.25) is 0 Å². The van der Waals surface area contributed by atoms with Crippen molar-refractivity contribution in [2.45, 2.75) is 45.3 Å². The van der Waals surface area contributed by atoms with E-state index < -0.39 is 0 Å². The molecular formula is C16H26N4O. The molecule has 2 rings (SSSR count). The van der Waals surface area contributed by atoms with Gasteiger partial charge in [0.1, 0.15) is 0 Å². The number of aromatic nitrogens is 1. The molecule has 1 aromatic heterocycles. The molecule has 0 saturated heterocycles. The van der Waals surface area contributed by atoms with Crippen LogP contribution in [0.3, 0.4) is 0 Å². The summed E-state index contributed by atoms with van der Waals surface area (Å²) in [6, 6.07) is 6.18. The van der Waals surface area contributed by atoms with Gasteiger partial charge in [-0.3, -0.25) is 9.98 Å². The molecule has 3 N–H and O–H groups in total. The SMILES string of the molecule is COC1(C)CC(NC(N)=NCCc2ccccn2)C1(C)C. The number of methoxy groups -OCH3 is 1. The van der Waals surface area contributed by atoms with Gasteiger partial charge in [0.25, 0.3) is 0 Å². The summed E-state index contributed by atoms with van der Waals surface area (Å²) in [4.78, 5) is 8.65. The Balaban J connectivity index is 1.82. The molecule has 2 unspecified atom stereocenters. The molecule has 0 amide bonds. The largest absolute Gasteiger partial charge is 0.378 e. The number of rotatable bonds is 5. The van der Waals surface area contributed by atoms with E-state index in [2.05, 4.69) is 36.1 Å². The summed E-state index contributed by atoms with van der Waals surface area (Å²) in [5.41, 5.74) is 6.94. The zero-order chi connectivity index (χ0) is 15.5. The molecule has 21 heavy (non-hydrogen) atoms. The minimum absolute atomic E-state index is 0.0306. The van der Waals surface area contributed by atoms with E-state index in [1.165, 1.54) is 0 Å². The van der Waals surface area contributed by atoms with Crippen molar-refractivity contribution in [3.8, 4) is 0 Å². The molecule has 0 radical (unpaired) electrons. The number of nitrogens with two attached hydrogens (primary N) is 1. The zero-order valence-corrected chi connectivity index (χ0v) is 13.4. The van der Waals surface area contributed by atoms with E-state index in [1.807, 2.05) is 18.2 Å². The van der Waals surface area contributed by atoms with Crippen molar-refractivity contribution in [2.24, 2.45) is 16.1 Å². The molecule has 0 aliphatic heterocycles. The zero-order valence-electron chi connectivity index (χ0n) is 13.4. The van der Waals surface area contributed by atoms with Crippen molar-refractivity contribution < 1.29 is 4.74 Å². The maximum Gasteiger partial charge on any atom is 0.188 e. The van der Waals surface area contributed by atoms with Crippen LogP contribution in [0, 0.1) is 5.41 Å². The highest BCUT2D eigenvalue weighted by atomic mass is 16.5. The third kappa shape index (κ3) is 3.18. The Morgan fingerprint density at radius 2 is 2.24 bits per heavy atom. The second kappa shape index (κ2) is 6.02. The number of pyridine rings is 1. The van der Waals surface area contributed by atoms with Crippen molar-refractivity contribution in [1.82, 2.24) is 10.3 Å². The molecule has 0 bridgehead atoms. The predicted molar refractivity (Wildman–Crippen MR) is 85.2 cm³/mol. The molecule has 0 spiro atoms. The Morgan fingerprint density at radius 3 is 2.81 bits per heavy atom. The lowest BCUT2D eigenvalue weighted by Crippen LogP contribution is -2.69. The molecule has 1 aliphatic rings. The van der Waals surface area contributed by atoms with Gasteiger partial charge in [-0.2, -0.15) is 0 Å². The van der Waals surface area contributed by atoms with Crippen LogP contribution >= 0.6 is 0 Å². The molecule has 1 saturated carbocycles.